The normalized spacial score (nSPS) is 27.6. The highest BCUT2D eigenvalue weighted by atomic mass is 15.3. The van der Waals surface area contributed by atoms with E-state index in [-0.39, 0.29) is 0 Å². The first-order chi connectivity index (χ1) is 13.0. The van der Waals surface area contributed by atoms with Crippen LogP contribution >= 0.6 is 0 Å². The van der Waals surface area contributed by atoms with Crippen LogP contribution in [0.15, 0.2) is 0 Å². The zero-order chi connectivity index (χ0) is 19.3. The highest BCUT2D eigenvalue weighted by molar-refractivity contribution is 4.97. The molecular weight excluding hydrogens is 330 g/mol. The van der Waals surface area contributed by atoms with Crippen molar-refractivity contribution in [3.63, 3.8) is 0 Å². The second kappa shape index (κ2) is 10.1. The van der Waals surface area contributed by atoms with E-state index >= 15 is 0 Å². The monoisotopic (exact) mass is 377 g/mol. The molecule has 3 fully saturated rings. The molecular formula is C24H47N3. The van der Waals surface area contributed by atoms with Gasteiger partial charge in [-0.1, -0.05) is 27.2 Å². The lowest BCUT2D eigenvalue weighted by molar-refractivity contribution is 0.0888. The van der Waals surface area contributed by atoms with Crippen molar-refractivity contribution in [1.82, 2.24) is 14.7 Å². The van der Waals surface area contributed by atoms with Gasteiger partial charge >= 0.3 is 0 Å². The van der Waals surface area contributed by atoms with E-state index in [1.165, 1.54) is 104 Å². The second-order valence-corrected chi connectivity index (χ2v) is 10.4. The van der Waals surface area contributed by atoms with Crippen LogP contribution in [0, 0.1) is 17.3 Å². The zero-order valence-corrected chi connectivity index (χ0v) is 18.9. The van der Waals surface area contributed by atoms with Crippen molar-refractivity contribution in [1.29, 1.82) is 0 Å². The number of rotatable bonds is 10. The molecule has 3 aliphatic rings. The van der Waals surface area contributed by atoms with Crippen LogP contribution in [0.2, 0.25) is 0 Å². The molecule has 3 nitrogen and oxygen atoms in total. The van der Waals surface area contributed by atoms with Gasteiger partial charge in [-0.25, -0.2) is 0 Å². The Balaban J connectivity index is 1.29. The van der Waals surface area contributed by atoms with Crippen LogP contribution in [-0.2, 0) is 0 Å². The largest absolute Gasteiger partial charge is 0.303 e. The maximum absolute atomic E-state index is 2.82. The average molecular weight is 378 g/mol. The fourth-order valence-electron chi connectivity index (χ4n) is 5.45. The number of hydrogen-bond acceptors (Lipinski definition) is 3. The van der Waals surface area contributed by atoms with Gasteiger partial charge in [0, 0.05) is 38.8 Å². The molecule has 2 unspecified atom stereocenters. The molecule has 2 heterocycles. The Labute approximate surface area is 169 Å². The minimum Gasteiger partial charge on any atom is -0.303 e. The van der Waals surface area contributed by atoms with E-state index in [0.29, 0.717) is 0 Å². The van der Waals surface area contributed by atoms with Gasteiger partial charge in [0.05, 0.1) is 0 Å². The SMILES string of the molecule is CCC(C)CC1(CN2CCC(CCN3CCN(C(C)CC)CC3)CC2)CC1. The summed E-state index contributed by atoms with van der Waals surface area (Å²) < 4.78 is 0. The first-order valence-electron chi connectivity index (χ1n) is 12.2. The third kappa shape index (κ3) is 6.44. The van der Waals surface area contributed by atoms with Crippen molar-refractivity contribution in [2.24, 2.45) is 17.3 Å². The Morgan fingerprint density at radius 1 is 0.852 bits per heavy atom. The first kappa shape index (κ1) is 21.6. The lowest BCUT2D eigenvalue weighted by atomic mass is 9.88. The van der Waals surface area contributed by atoms with Crippen molar-refractivity contribution in [2.45, 2.75) is 85.1 Å². The molecule has 0 spiro atoms. The van der Waals surface area contributed by atoms with Crippen LogP contribution in [0.5, 0.6) is 0 Å². The summed E-state index contributed by atoms with van der Waals surface area (Å²) in [5.41, 5.74) is 0.720. The predicted octanol–water partition coefficient (Wildman–Crippen LogP) is 4.72. The maximum Gasteiger partial charge on any atom is 0.0113 e. The summed E-state index contributed by atoms with van der Waals surface area (Å²) in [7, 11) is 0. The third-order valence-corrected chi connectivity index (χ3v) is 8.18. The topological polar surface area (TPSA) is 9.72 Å². The molecule has 0 N–H and O–H groups in total. The molecule has 2 atom stereocenters. The summed E-state index contributed by atoms with van der Waals surface area (Å²) >= 11 is 0. The number of piperazine rings is 1. The van der Waals surface area contributed by atoms with Crippen molar-refractivity contribution >= 4 is 0 Å². The van der Waals surface area contributed by atoms with Crippen molar-refractivity contribution in [3.8, 4) is 0 Å². The molecule has 27 heavy (non-hydrogen) atoms. The zero-order valence-electron chi connectivity index (χ0n) is 18.9. The minimum atomic E-state index is 0.720. The lowest BCUT2D eigenvalue weighted by Gasteiger charge is -2.39. The van der Waals surface area contributed by atoms with Gasteiger partial charge in [-0.2, -0.15) is 0 Å². The molecule has 0 aromatic heterocycles. The predicted molar refractivity (Wildman–Crippen MR) is 117 cm³/mol. The highest BCUT2D eigenvalue weighted by Crippen LogP contribution is 2.51. The fraction of sp³-hybridized carbons (Fsp3) is 1.00. The van der Waals surface area contributed by atoms with Gasteiger partial charge in [0.1, 0.15) is 0 Å². The van der Waals surface area contributed by atoms with Gasteiger partial charge in [0.15, 0.2) is 0 Å². The van der Waals surface area contributed by atoms with E-state index in [4.69, 9.17) is 0 Å². The van der Waals surface area contributed by atoms with Gasteiger partial charge in [0.25, 0.3) is 0 Å². The first-order valence-corrected chi connectivity index (χ1v) is 12.2. The van der Waals surface area contributed by atoms with Gasteiger partial charge in [0.2, 0.25) is 0 Å². The molecule has 3 rings (SSSR count). The number of piperidine rings is 1. The van der Waals surface area contributed by atoms with Gasteiger partial charge in [-0.3, -0.25) is 4.90 Å². The van der Waals surface area contributed by atoms with E-state index in [1.54, 1.807) is 0 Å². The second-order valence-electron chi connectivity index (χ2n) is 10.4. The molecule has 0 bridgehead atoms. The van der Waals surface area contributed by atoms with Crippen molar-refractivity contribution in [3.05, 3.63) is 0 Å². The molecule has 158 valence electrons. The maximum atomic E-state index is 2.82. The average Bonchev–Trinajstić information content (AvgIpc) is 3.45. The van der Waals surface area contributed by atoms with E-state index in [9.17, 15) is 0 Å². The summed E-state index contributed by atoms with van der Waals surface area (Å²) in [4.78, 5) is 8.23. The van der Waals surface area contributed by atoms with E-state index in [1.807, 2.05) is 0 Å². The van der Waals surface area contributed by atoms with Crippen molar-refractivity contribution in [2.75, 3.05) is 52.4 Å². The number of hydrogen-bond donors (Lipinski definition) is 0. The molecule has 2 aliphatic heterocycles. The highest BCUT2D eigenvalue weighted by Gasteiger charge is 2.44. The summed E-state index contributed by atoms with van der Waals surface area (Å²) in [5.74, 6) is 1.91. The molecule has 0 aromatic carbocycles. The molecule has 3 heteroatoms. The standard InChI is InChI=1S/C24H47N3/c1-5-21(3)19-24(10-11-24)20-26-13-8-23(9-14-26)7-12-25-15-17-27(18-16-25)22(4)6-2/h21-23H,5-20H2,1-4H3. The summed E-state index contributed by atoms with van der Waals surface area (Å²) in [6.07, 6.45) is 11.5. The molecule has 1 aliphatic carbocycles. The quantitative estimate of drug-likeness (QED) is 0.545. The lowest BCUT2D eigenvalue weighted by Crippen LogP contribution is -2.49. The Hall–Kier alpha value is -0.120. The molecule has 2 saturated heterocycles. The van der Waals surface area contributed by atoms with Crippen LogP contribution in [0.1, 0.15) is 79.1 Å². The molecule has 0 amide bonds. The van der Waals surface area contributed by atoms with Crippen LogP contribution < -0.4 is 0 Å². The Bertz CT molecular complexity index is 417. The van der Waals surface area contributed by atoms with Crippen molar-refractivity contribution < 1.29 is 0 Å². The van der Waals surface area contributed by atoms with Gasteiger partial charge in [-0.05, 0) is 88.8 Å². The van der Waals surface area contributed by atoms with Gasteiger partial charge in [-0.15, -0.1) is 0 Å². The van der Waals surface area contributed by atoms with Crippen LogP contribution in [-0.4, -0.2) is 73.1 Å². The van der Waals surface area contributed by atoms with Crippen LogP contribution in [0.4, 0.5) is 0 Å². The summed E-state index contributed by atoms with van der Waals surface area (Å²) in [6.45, 7) is 20.2. The Morgan fingerprint density at radius 3 is 2.07 bits per heavy atom. The number of likely N-dealkylation sites (tertiary alicyclic amines) is 1. The van der Waals surface area contributed by atoms with E-state index in [2.05, 4.69) is 42.4 Å². The third-order valence-electron chi connectivity index (χ3n) is 8.18. The Morgan fingerprint density at radius 2 is 1.52 bits per heavy atom. The van der Waals surface area contributed by atoms with Crippen LogP contribution in [0.3, 0.4) is 0 Å². The summed E-state index contributed by atoms with van der Waals surface area (Å²) in [6, 6.07) is 0.770. The molecule has 0 radical (unpaired) electrons. The van der Waals surface area contributed by atoms with E-state index in [0.717, 1.165) is 23.3 Å². The fourth-order valence-corrected chi connectivity index (χ4v) is 5.45. The Kier molecular flexibility index (Phi) is 8.05. The van der Waals surface area contributed by atoms with E-state index < -0.39 is 0 Å². The molecule has 1 saturated carbocycles. The number of nitrogens with zero attached hydrogens (tertiary/aromatic N) is 3. The molecule has 0 aromatic rings. The van der Waals surface area contributed by atoms with Crippen LogP contribution in [0.25, 0.3) is 0 Å². The van der Waals surface area contributed by atoms with Gasteiger partial charge < -0.3 is 9.80 Å². The summed E-state index contributed by atoms with van der Waals surface area (Å²) in [5, 5.41) is 0. The smallest absolute Gasteiger partial charge is 0.0113 e. The minimum absolute atomic E-state index is 0.720.